The molecule has 2 aromatic rings. The molecule has 1 saturated carbocycles. The lowest BCUT2D eigenvalue weighted by Crippen LogP contribution is -2.39. The van der Waals surface area contributed by atoms with Crippen LogP contribution in [-0.4, -0.2) is 10.9 Å². The van der Waals surface area contributed by atoms with Gasteiger partial charge >= 0.3 is 6.18 Å². The minimum Gasteiger partial charge on any atom is -0.310 e. The van der Waals surface area contributed by atoms with Crippen LogP contribution in [0.2, 0.25) is 0 Å². The zero-order valence-electron chi connectivity index (χ0n) is 15.2. The lowest BCUT2D eigenvalue weighted by atomic mass is 9.74. The predicted octanol–water partition coefficient (Wildman–Crippen LogP) is 5.58. The van der Waals surface area contributed by atoms with Gasteiger partial charge in [-0.25, -0.2) is 4.98 Å². The summed E-state index contributed by atoms with van der Waals surface area (Å²) < 4.78 is 38.7. The second-order valence-corrected chi connectivity index (χ2v) is 7.43. The smallest absolute Gasteiger partial charge is 0.310 e. The van der Waals surface area contributed by atoms with Crippen molar-refractivity contribution in [3.8, 4) is 0 Å². The van der Waals surface area contributed by atoms with Gasteiger partial charge < -0.3 is 5.32 Å². The quantitative estimate of drug-likeness (QED) is 0.740. The summed E-state index contributed by atoms with van der Waals surface area (Å²) in [5.41, 5.74) is -1.04. The van der Waals surface area contributed by atoms with Gasteiger partial charge in [0.2, 0.25) is 5.91 Å². The maximum atomic E-state index is 13.1. The van der Waals surface area contributed by atoms with Crippen molar-refractivity contribution < 1.29 is 18.0 Å². The van der Waals surface area contributed by atoms with Crippen molar-refractivity contribution in [2.24, 2.45) is 5.92 Å². The highest BCUT2D eigenvalue weighted by molar-refractivity contribution is 5.98. The van der Waals surface area contributed by atoms with Crippen LogP contribution in [0.15, 0.2) is 48.7 Å². The Morgan fingerprint density at radius 2 is 1.70 bits per heavy atom. The van der Waals surface area contributed by atoms with E-state index < -0.39 is 17.2 Å². The first-order valence-corrected chi connectivity index (χ1v) is 9.19. The monoisotopic (exact) mass is 376 g/mol. The molecule has 3 rings (SSSR count). The van der Waals surface area contributed by atoms with Crippen LogP contribution in [-0.2, 0) is 16.4 Å². The Balaban J connectivity index is 1.90. The molecule has 0 saturated heterocycles. The number of anilines is 1. The molecule has 0 bridgehead atoms. The molecule has 1 heterocycles. The molecule has 0 radical (unpaired) electrons. The number of nitrogens with one attached hydrogen (secondary N) is 1. The molecular weight excluding hydrogens is 353 g/mol. The van der Waals surface area contributed by atoms with E-state index in [1.807, 2.05) is 6.92 Å². The molecule has 144 valence electrons. The molecule has 1 amide bonds. The largest absolute Gasteiger partial charge is 0.416 e. The Hall–Kier alpha value is -2.37. The Morgan fingerprint density at radius 1 is 1.07 bits per heavy atom. The molecule has 1 aromatic carbocycles. The van der Waals surface area contributed by atoms with Crippen LogP contribution >= 0.6 is 0 Å². The van der Waals surface area contributed by atoms with Crippen LogP contribution in [0.5, 0.6) is 0 Å². The van der Waals surface area contributed by atoms with Crippen LogP contribution < -0.4 is 5.32 Å². The van der Waals surface area contributed by atoms with Crippen LogP contribution in [0.3, 0.4) is 0 Å². The van der Waals surface area contributed by atoms with E-state index in [0.29, 0.717) is 23.7 Å². The molecule has 1 aliphatic carbocycles. The van der Waals surface area contributed by atoms with Gasteiger partial charge in [0.15, 0.2) is 0 Å². The van der Waals surface area contributed by atoms with Gasteiger partial charge in [0.05, 0.1) is 11.0 Å². The standard InChI is InChI=1S/C21H23F3N2O/c1-20(14-15-6-2-3-7-15,19(27)26-18-8-4-5-13-25-18)16-9-11-17(12-10-16)21(22,23)24/h4-5,8-13,15H,2-3,6-7,14H2,1H3,(H,25,26,27). The summed E-state index contributed by atoms with van der Waals surface area (Å²) in [6.07, 6.45) is 2.17. The number of pyridine rings is 1. The Labute approximate surface area is 157 Å². The molecular formula is C21H23F3N2O. The summed E-state index contributed by atoms with van der Waals surface area (Å²) in [5.74, 6) is 0.590. The van der Waals surface area contributed by atoms with Crippen LogP contribution in [0.4, 0.5) is 19.0 Å². The summed E-state index contributed by atoms with van der Waals surface area (Å²) in [6, 6.07) is 10.2. The van der Waals surface area contributed by atoms with Crippen molar-refractivity contribution in [2.45, 2.75) is 50.6 Å². The third-order valence-corrected chi connectivity index (χ3v) is 5.43. The fourth-order valence-corrected chi connectivity index (χ4v) is 3.85. The van der Waals surface area contributed by atoms with Crippen molar-refractivity contribution in [1.82, 2.24) is 4.98 Å². The van der Waals surface area contributed by atoms with E-state index in [1.54, 1.807) is 24.4 Å². The highest BCUT2D eigenvalue weighted by Gasteiger charge is 2.39. The summed E-state index contributed by atoms with van der Waals surface area (Å²) >= 11 is 0. The van der Waals surface area contributed by atoms with Crippen LogP contribution in [0, 0.1) is 5.92 Å². The van der Waals surface area contributed by atoms with Crippen LogP contribution in [0.1, 0.15) is 50.2 Å². The van der Waals surface area contributed by atoms with E-state index >= 15 is 0 Å². The summed E-state index contributed by atoms with van der Waals surface area (Å²) in [7, 11) is 0. The molecule has 1 N–H and O–H groups in total. The average Bonchev–Trinajstić information content (AvgIpc) is 3.14. The van der Waals surface area contributed by atoms with Gasteiger partial charge in [0.25, 0.3) is 0 Å². The lowest BCUT2D eigenvalue weighted by molar-refractivity contribution is -0.137. The number of halogens is 3. The number of carbonyl (C=O) groups excluding carboxylic acids is 1. The summed E-state index contributed by atoms with van der Waals surface area (Å²) in [4.78, 5) is 17.3. The molecule has 27 heavy (non-hydrogen) atoms. The van der Waals surface area contributed by atoms with Crippen molar-refractivity contribution in [3.63, 3.8) is 0 Å². The number of amides is 1. The number of aromatic nitrogens is 1. The van der Waals surface area contributed by atoms with E-state index in [-0.39, 0.29) is 5.91 Å². The average molecular weight is 376 g/mol. The number of alkyl halides is 3. The molecule has 0 spiro atoms. The number of hydrogen-bond donors (Lipinski definition) is 1. The zero-order chi connectivity index (χ0) is 19.5. The van der Waals surface area contributed by atoms with Gasteiger partial charge in [0.1, 0.15) is 5.82 Å². The SMILES string of the molecule is CC(CC1CCCC1)(C(=O)Nc1ccccn1)c1ccc(C(F)(F)F)cc1. The topological polar surface area (TPSA) is 42.0 Å². The molecule has 1 atom stereocenters. The highest BCUT2D eigenvalue weighted by atomic mass is 19.4. The van der Waals surface area contributed by atoms with Crippen molar-refractivity contribution in [2.75, 3.05) is 5.32 Å². The van der Waals surface area contributed by atoms with Crippen LogP contribution in [0.25, 0.3) is 0 Å². The Kier molecular flexibility index (Phi) is 5.53. The Bertz CT molecular complexity index is 768. The van der Waals surface area contributed by atoms with E-state index in [1.165, 1.54) is 12.1 Å². The fourth-order valence-electron chi connectivity index (χ4n) is 3.85. The zero-order valence-corrected chi connectivity index (χ0v) is 15.2. The van der Waals surface area contributed by atoms with Gasteiger partial charge in [0, 0.05) is 6.20 Å². The molecule has 6 heteroatoms. The maximum absolute atomic E-state index is 13.1. The Morgan fingerprint density at radius 3 is 2.26 bits per heavy atom. The second-order valence-electron chi connectivity index (χ2n) is 7.43. The summed E-state index contributed by atoms with van der Waals surface area (Å²) in [6.45, 7) is 1.81. The summed E-state index contributed by atoms with van der Waals surface area (Å²) in [5, 5.41) is 2.83. The maximum Gasteiger partial charge on any atom is 0.416 e. The molecule has 1 unspecified atom stereocenters. The highest BCUT2D eigenvalue weighted by Crippen LogP contribution is 2.40. The second kappa shape index (κ2) is 7.71. The first-order valence-electron chi connectivity index (χ1n) is 9.19. The number of nitrogens with zero attached hydrogens (tertiary/aromatic N) is 1. The minimum atomic E-state index is -4.39. The number of hydrogen-bond acceptors (Lipinski definition) is 2. The predicted molar refractivity (Wildman–Crippen MR) is 98.2 cm³/mol. The molecule has 1 fully saturated rings. The van der Waals surface area contributed by atoms with Gasteiger partial charge in [-0.1, -0.05) is 43.9 Å². The molecule has 0 aliphatic heterocycles. The van der Waals surface area contributed by atoms with Gasteiger partial charge in [-0.15, -0.1) is 0 Å². The first-order chi connectivity index (χ1) is 12.8. The van der Waals surface area contributed by atoms with Crippen molar-refractivity contribution in [3.05, 3.63) is 59.8 Å². The fraction of sp³-hybridized carbons (Fsp3) is 0.429. The number of rotatable bonds is 5. The van der Waals surface area contributed by atoms with E-state index in [2.05, 4.69) is 10.3 Å². The molecule has 1 aromatic heterocycles. The van der Waals surface area contributed by atoms with E-state index in [9.17, 15) is 18.0 Å². The van der Waals surface area contributed by atoms with Crippen molar-refractivity contribution in [1.29, 1.82) is 0 Å². The van der Waals surface area contributed by atoms with Gasteiger partial charge in [-0.2, -0.15) is 13.2 Å². The lowest BCUT2D eigenvalue weighted by Gasteiger charge is -2.31. The van der Waals surface area contributed by atoms with Crippen molar-refractivity contribution >= 4 is 11.7 Å². The molecule has 1 aliphatic rings. The van der Waals surface area contributed by atoms with E-state index in [0.717, 1.165) is 37.8 Å². The third-order valence-electron chi connectivity index (χ3n) is 5.43. The van der Waals surface area contributed by atoms with Gasteiger partial charge in [-0.05, 0) is 49.1 Å². The van der Waals surface area contributed by atoms with Gasteiger partial charge in [-0.3, -0.25) is 4.79 Å². The number of carbonyl (C=O) groups is 1. The number of benzene rings is 1. The normalized spacial score (nSPS) is 17.5. The van der Waals surface area contributed by atoms with E-state index in [4.69, 9.17) is 0 Å². The third kappa shape index (κ3) is 4.49. The first kappa shape index (κ1) is 19.4. The minimum absolute atomic E-state index is 0.243. The molecule has 3 nitrogen and oxygen atoms in total.